The first-order valence-electron chi connectivity index (χ1n) is 20.6. The lowest BCUT2D eigenvalue weighted by Crippen LogP contribution is -2.09. The van der Waals surface area contributed by atoms with Crippen molar-refractivity contribution in [2.75, 3.05) is 4.90 Å². The summed E-state index contributed by atoms with van der Waals surface area (Å²) in [5.41, 5.74) is 16.5. The molecular formula is C58H40N2. The lowest BCUT2D eigenvalue weighted by Gasteiger charge is -2.26. The van der Waals surface area contributed by atoms with Crippen LogP contribution in [0.3, 0.4) is 0 Å². The average molecular weight is 765 g/mol. The summed E-state index contributed by atoms with van der Waals surface area (Å²) < 4.78 is 2.42. The molecule has 0 bridgehead atoms. The van der Waals surface area contributed by atoms with Gasteiger partial charge in [0.2, 0.25) is 0 Å². The third-order valence-electron chi connectivity index (χ3n) is 11.8. The van der Waals surface area contributed by atoms with E-state index in [0.717, 1.165) is 22.7 Å². The van der Waals surface area contributed by atoms with Crippen molar-refractivity contribution in [1.29, 1.82) is 0 Å². The maximum Gasteiger partial charge on any atom is 0.0541 e. The third kappa shape index (κ3) is 6.32. The first-order chi connectivity index (χ1) is 29.8. The van der Waals surface area contributed by atoms with E-state index in [1.54, 1.807) is 0 Å². The Bertz CT molecular complexity index is 3230. The van der Waals surface area contributed by atoms with Crippen molar-refractivity contribution in [3.8, 4) is 50.2 Å². The highest BCUT2D eigenvalue weighted by Gasteiger charge is 2.18. The number of rotatable bonds is 8. The molecule has 0 N–H and O–H groups in total. The molecular weight excluding hydrogens is 725 g/mol. The van der Waals surface area contributed by atoms with Crippen molar-refractivity contribution in [2.24, 2.45) is 0 Å². The fraction of sp³-hybridized carbons (Fsp3) is 0. The van der Waals surface area contributed by atoms with Crippen LogP contribution in [0.2, 0.25) is 0 Å². The van der Waals surface area contributed by atoms with Gasteiger partial charge < -0.3 is 9.47 Å². The van der Waals surface area contributed by atoms with E-state index in [0.29, 0.717) is 0 Å². The molecule has 2 nitrogen and oxygen atoms in total. The Labute approximate surface area is 350 Å². The van der Waals surface area contributed by atoms with Crippen molar-refractivity contribution < 1.29 is 0 Å². The maximum absolute atomic E-state index is 2.42. The monoisotopic (exact) mass is 764 g/mol. The van der Waals surface area contributed by atoms with Gasteiger partial charge in [-0.2, -0.15) is 0 Å². The Kier molecular flexibility index (Phi) is 8.87. The molecule has 0 aliphatic carbocycles. The fourth-order valence-electron chi connectivity index (χ4n) is 8.89. The molecule has 0 saturated carbocycles. The number of hydrogen-bond donors (Lipinski definition) is 0. The number of aromatic nitrogens is 1. The van der Waals surface area contributed by atoms with E-state index in [1.165, 1.54) is 77.1 Å². The smallest absolute Gasteiger partial charge is 0.0541 e. The average Bonchev–Trinajstić information content (AvgIpc) is 3.67. The molecule has 0 spiro atoms. The van der Waals surface area contributed by atoms with Gasteiger partial charge in [0.25, 0.3) is 0 Å². The summed E-state index contributed by atoms with van der Waals surface area (Å²) in [5, 5.41) is 4.95. The molecule has 11 aromatic rings. The van der Waals surface area contributed by atoms with Crippen molar-refractivity contribution in [2.45, 2.75) is 0 Å². The van der Waals surface area contributed by atoms with Crippen LogP contribution in [-0.2, 0) is 0 Å². The summed E-state index contributed by atoms with van der Waals surface area (Å²) in [6.45, 7) is 0. The quantitative estimate of drug-likeness (QED) is 0.150. The third-order valence-corrected chi connectivity index (χ3v) is 11.8. The molecule has 282 valence electrons. The fourth-order valence-corrected chi connectivity index (χ4v) is 8.89. The van der Waals surface area contributed by atoms with Crippen molar-refractivity contribution >= 4 is 49.6 Å². The Morgan fingerprint density at radius 2 is 0.700 bits per heavy atom. The minimum atomic E-state index is 1.09. The van der Waals surface area contributed by atoms with Gasteiger partial charge in [0.05, 0.1) is 16.7 Å². The molecule has 0 fully saturated rings. The van der Waals surface area contributed by atoms with E-state index < -0.39 is 0 Å². The Morgan fingerprint density at radius 1 is 0.267 bits per heavy atom. The molecule has 0 radical (unpaired) electrons. The number of nitrogens with zero attached hydrogens (tertiary/aromatic N) is 2. The van der Waals surface area contributed by atoms with Gasteiger partial charge in [0.1, 0.15) is 0 Å². The van der Waals surface area contributed by atoms with E-state index in [9.17, 15) is 0 Å². The van der Waals surface area contributed by atoms with Crippen LogP contribution in [0.15, 0.2) is 243 Å². The number of hydrogen-bond acceptors (Lipinski definition) is 1. The Balaban J connectivity index is 0.976. The molecule has 0 amide bonds. The summed E-state index contributed by atoms with van der Waals surface area (Å²) in [6.07, 6.45) is 0. The van der Waals surface area contributed by atoms with Crippen LogP contribution in [0.5, 0.6) is 0 Å². The standard InChI is InChI=1S/C58H40N2/c1-2-14-41(15-3-1)43-26-28-44(29-27-43)45-30-35-48(36-31-45)59(50-39-32-42-16-4-5-17-47(42)40-50)49-37-33-46(34-38-49)51-18-6-7-19-52(51)53-20-8-11-23-56(53)60-57-24-12-9-21-54(57)55-22-10-13-25-58(55)60/h1-40H. The number of para-hydroxylation sites is 3. The molecule has 0 atom stereocenters. The lowest BCUT2D eigenvalue weighted by atomic mass is 9.93. The first-order valence-corrected chi connectivity index (χ1v) is 20.6. The van der Waals surface area contributed by atoms with Gasteiger partial charge in [-0.15, -0.1) is 0 Å². The summed E-state index contributed by atoms with van der Waals surface area (Å²) in [6, 6.07) is 87.8. The first kappa shape index (κ1) is 35.2. The summed E-state index contributed by atoms with van der Waals surface area (Å²) in [4.78, 5) is 2.36. The highest BCUT2D eigenvalue weighted by atomic mass is 15.1. The van der Waals surface area contributed by atoms with E-state index in [2.05, 4.69) is 252 Å². The Morgan fingerprint density at radius 3 is 1.33 bits per heavy atom. The summed E-state index contributed by atoms with van der Waals surface area (Å²) >= 11 is 0. The van der Waals surface area contributed by atoms with E-state index in [1.807, 2.05) is 0 Å². The van der Waals surface area contributed by atoms with E-state index in [4.69, 9.17) is 0 Å². The van der Waals surface area contributed by atoms with Gasteiger partial charge in [0.15, 0.2) is 0 Å². The second-order valence-corrected chi connectivity index (χ2v) is 15.3. The van der Waals surface area contributed by atoms with Gasteiger partial charge in [-0.3, -0.25) is 0 Å². The summed E-state index contributed by atoms with van der Waals surface area (Å²) in [5.74, 6) is 0. The van der Waals surface area contributed by atoms with Crippen LogP contribution in [-0.4, -0.2) is 4.57 Å². The van der Waals surface area contributed by atoms with Gasteiger partial charge in [0, 0.05) is 33.4 Å². The number of benzene rings is 10. The molecule has 0 saturated heterocycles. The van der Waals surface area contributed by atoms with Gasteiger partial charge in [-0.25, -0.2) is 0 Å². The number of fused-ring (bicyclic) bond motifs is 4. The highest BCUT2D eigenvalue weighted by molar-refractivity contribution is 6.10. The predicted octanol–water partition coefficient (Wildman–Crippen LogP) is 16.1. The van der Waals surface area contributed by atoms with Crippen molar-refractivity contribution in [3.05, 3.63) is 243 Å². The minimum absolute atomic E-state index is 1.09. The van der Waals surface area contributed by atoms with Crippen LogP contribution < -0.4 is 4.90 Å². The zero-order valence-electron chi connectivity index (χ0n) is 33.0. The minimum Gasteiger partial charge on any atom is -0.310 e. The largest absolute Gasteiger partial charge is 0.310 e. The van der Waals surface area contributed by atoms with E-state index in [-0.39, 0.29) is 0 Å². The second kappa shape index (κ2) is 15.1. The molecule has 0 aliphatic rings. The molecule has 60 heavy (non-hydrogen) atoms. The molecule has 11 rings (SSSR count). The highest BCUT2D eigenvalue weighted by Crippen LogP contribution is 2.42. The summed E-state index contributed by atoms with van der Waals surface area (Å²) in [7, 11) is 0. The second-order valence-electron chi connectivity index (χ2n) is 15.3. The SMILES string of the molecule is c1ccc(-c2ccc(-c3ccc(N(c4ccc(-c5ccccc5-c5ccccc5-n5c6ccccc6c6ccccc65)cc4)c4ccc5ccccc5c4)cc3)cc2)cc1. The molecule has 1 heterocycles. The molecule has 2 heteroatoms. The maximum atomic E-state index is 2.42. The van der Waals surface area contributed by atoms with Crippen LogP contribution in [0.1, 0.15) is 0 Å². The van der Waals surface area contributed by atoms with Crippen LogP contribution >= 0.6 is 0 Å². The zero-order valence-corrected chi connectivity index (χ0v) is 33.0. The van der Waals surface area contributed by atoms with Crippen LogP contribution in [0, 0.1) is 0 Å². The molecule has 0 aliphatic heterocycles. The zero-order chi connectivity index (χ0) is 39.8. The van der Waals surface area contributed by atoms with Gasteiger partial charge in [-0.05, 0) is 104 Å². The van der Waals surface area contributed by atoms with Gasteiger partial charge in [-0.1, -0.05) is 188 Å². The topological polar surface area (TPSA) is 8.17 Å². The predicted molar refractivity (Wildman–Crippen MR) is 255 cm³/mol. The normalized spacial score (nSPS) is 11.3. The van der Waals surface area contributed by atoms with E-state index >= 15 is 0 Å². The Hall–Kier alpha value is -7.94. The van der Waals surface area contributed by atoms with Crippen molar-refractivity contribution in [1.82, 2.24) is 4.57 Å². The lowest BCUT2D eigenvalue weighted by molar-refractivity contribution is 1.18. The van der Waals surface area contributed by atoms with Crippen LogP contribution in [0.4, 0.5) is 17.1 Å². The van der Waals surface area contributed by atoms with Gasteiger partial charge >= 0.3 is 0 Å². The molecule has 10 aromatic carbocycles. The van der Waals surface area contributed by atoms with Crippen LogP contribution in [0.25, 0.3) is 82.8 Å². The number of anilines is 3. The molecule has 1 aromatic heterocycles. The van der Waals surface area contributed by atoms with Crippen molar-refractivity contribution in [3.63, 3.8) is 0 Å². The molecule has 0 unspecified atom stereocenters.